The summed E-state index contributed by atoms with van der Waals surface area (Å²) >= 11 is 8.12. The molecule has 156 valence electrons. The normalized spacial score (nSPS) is 15.4. The first-order chi connectivity index (χ1) is 14.3. The van der Waals surface area contributed by atoms with Crippen molar-refractivity contribution in [1.82, 2.24) is 5.32 Å². The largest absolute Gasteiger partial charge is 0.492 e. The Morgan fingerprint density at radius 2 is 1.93 bits per heavy atom. The van der Waals surface area contributed by atoms with Crippen LogP contribution in [-0.2, 0) is 9.59 Å². The van der Waals surface area contributed by atoms with E-state index in [1.54, 1.807) is 31.2 Å². The summed E-state index contributed by atoms with van der Waals surface area (Å²) in [6.07, 6.45) is 1.42. The quantitative estimate of drug-likeness (QED) is 0.347. The van der Waals surface area contributed by atoms with Crippen LogP contribution >= 0.6 is 34.2 Å². The zero-order chi connectivity index (χ0) is 22.0. The summed E-state index contributed by atoms with van der Waals surface area (Å²) in [7, 11) is 1.53. The molecule has 9 heteroatoms. The number of rotatable bonds is 5. The van der Waals surface area contributed by atoms with Crippen LogP contribution in [0.2, 0.25) is 5.02 Å². The highest BCUT2D eigenvalue weighted by Crippen LogP contribution is 2.35. The molecule has 2 aromatic rings. The number of ether oxygens (including phenoxy) is 2. The smallest absolute Gasteiger partial charge is 0.335 e. The number of methoxy groups -OCH3 is 1. The van der Waals surface area contributed by atoms with Gasteiger partial charge in [0.2, 0.25) is 0 Å². The lowest BCUT2D eigenvalue weighted by Crippen LogP contribution is -2.54. The maximum atomic E-state index is 13.1. The summed E-state index contributed by atoms with van der Waals surface area (Å²) in [6, 6.07) is 7.45. The number of amides is 4. The number of carbonyl (C=O) groups is 3. The third-order valence-electron chi connectivity index (χ3n) is 4.36. The molecule has 1 aliphatic heterocycles. The minimum atomic E-state index is -0.827. The Morgan fingerprint density at radius 1 is 1.20 bits per heavy atom. The number of barbiturate groups is 1. The molecule has 3 rings (SSSR count). The van der Waals surface area contributed by atoms with Gasteiger partial charge in [0.15, 0.2) is 11.5 Å². The monoisotopic (exact) mass is 540 g/mol. The second-order valence-electron chi connectivity index (χ2n) is 6.36. The van der Waals surface area contributed by atoms with Gasteiger partial charge in [-0.3, -0.25) is 14.9 Å². The standard InChI is InChI=1S/C21H18ClIN2O5/c1-4-30-17-9-12(8-15(23)18(17)29-3)7-14-19(26)24-21(28)25(20(14)27)16-10-13(22)6-5-11(16)2/h5-10H,4H2,1-3H3,(H,24,26,28)/b14-7+. The number of imide groups is 2. The van der Waals surface area contributed by atoms with Crippen LogP contribution < -0.4 is 19.7 Å². The van der Waals surface area contributed by atoms with Gasteiger partial charge in [-0.1, -0.05) is 17.7 Å². The van der Waals surface area contributed by atoms with E-state index in [-0.39, 0.29) is 5.57 Å². The first kappa shape index (κ1) is 22.1. The van der Waals surface area contributed by atoms with Crippen molar-refractivity contribution in [2.24, 2.45) is 0 Å². The molecule has 0 unspecified atom stereocenters. The van der Waals surface area contributed by atoms with Gasteiger partial charge in [0, 0.05) is 5.02 Å². The van der Waals surface area contributed by atoms with Crippen molar-refractivity contribution in [3.05, 3.63) is 55.6 Å². The van der Waals surface area contributed by atoms with Gasteiger partial charge in [-0.2, -0.15) is 0 Å². The van der Waals surface area contributed by atoms with Crippen LogP contribution in [0, 0.1) is 10.5 Å². The number of anilines is 1. The lowest BCUT2D eigenvalue weighted by atomic mass is 10.1. The van der Waals surface area contributed by atoms with Crippen molar-refractivity contribution in [1.29, 1.82) is 0 Å². The molecule has 0 aliphatic carbocycles. The molecular weight excluding hydrogens is 523 g/mol. The average Bonchev–Trinajstić information content (AvgIpc) is 2.68. The van der Waals surface area contributed by atoms with Crippen molar-refractivity contribution in [2.45, 2.75) is 13.8 Å². The van der Waals surface area contributed by atoms with E-state index in [0.717, 1.165) is 8.47 Å². The minimum absolute atomic E-state index is 0.183. The maximum Gasteiger partial charge on any atom is 0.335 e. The van der Waals surface area contributed by atoms with Gasteiger partial charge in [0.1, 0.15) is 5.57 Å². The van der Waals surface area contributed by atoms with E-state index in [9.17, 15) is 14.4 Å². The molecule has 30 heavy (non-hydrogen) atoms. The number of nitrogens with zero attached hydrogens (tertiary/aromatic N) is 1. The molecule has 1 aliphatic rings. The highest BCUT2D eigenvalue weighted by atomic mass is 127. The summed E-state index contributed by atoms with van der Waals surface area (Å²) in [5, 5.41) is 2.58. The summed E-state index contributed by atoms with van der Waals surface area (Å²) in [5.41, 5.74) is 1.34. The molecule has 0 radical (unpaired) electrons. The molecule has 0 spiro atoms. The predicted octanol–water partition coefficient (Wildman–Crippen LogP) is 4.33. The zero-order valence-corrected chi connectivity index (χ0v) is 19.3. The van der Waals surface area contributed by atoms with E-state index < -0.39 is 17.8 Å². The lowest BCUT2D eigenvalue weighted by Gasteiger charge is -2.27. The second-order valence-corrected chi connectivity index (χ2v) is 7.95. The second kappa shape index (κ2) is 9.05. The van der Waals surface area contributed by atoms with Crippen molar-refractivity contribution < 1.29 is 23.9 Å². The van der Waals surface area contributed by atoms with E-state index in [1.807, 2.05) is 6.92 Å². The highest BCUT2D eigenvalue weighted by molar-refractivity contribution is 14.1. The van der Waals surface area contributed by atoms with Crippen LogP contribution in [0.15, 0.2) is 35.9 Å². The molecule has 1 heterocycles. The van der Waals surface area contributed by atoms with Crippen LogP contribution in [0.25, 0.3) is 6.08 Å². The van der Waals surface area contributed by atoms with Gasteiger partial charge in [-0.05, 0) is 77.9 Å². The van der Waals surface area contributed by atoms with Crippen LogP contribution in [0.5, 0.6) is 11.5 Å². The van der Waals surface area contributed by atoms with Crippen LogP contribution in [0.1, 0.15) is 18.1 Å². The van der Waals surface area contributed by atoms with Gasteiger partial charge < -0.3 is 9.47 Å². The molecule has 4 amide bonds. The van der Waals surface area contributed by atoms with Crippen LogP contribution in [0.4, 0.5) is 10.5 Å². The third-order valence-corrected chi connectivity index (χ3v) is 5.40. The predicted molar refractivity (Wildman–Crippen MR) is 122 cm³/mol. The van der Waals surface area contributed by atoms with Crippen molar-refractivity contribution in [3.63, 3.8) is 0 Å². The van der Waals surface area contributed by atoms with E-state index in [1.165, 1.54) is 19.3 Å². The topological polar surface area (TPSA) is 84.9 Å². The van der Waals surface area contributed by atoms with Gasteiger partial charge in [-0.25, -0.2) is 9.69 Å². The number of nitrogens with one attached hydrogen (secondary N) is 1. The molecule has 0 atom stereocenters. The fourth-order valence-electron chi connectivity index (χ4n) is 3.00. The fourth-order valence-corrected chi connectivity index (χ4v) is 4.01. The van der Waals surface area contributed by atoms with E-state index in [0.29, 0.717) is 39.9 Å². The summed E-state index contributed by atoms with van der Waals surface area (Å²) < 4.78 is 11.7. The van der Waals surface area contributed by atoms with E-state index in [2.05, 4.69) is 27.9 Å². The number of halogens is 2. The molecule has 7 nitrogen and oxygen atoms in total. The highest BCUT2D eigenvalue weighted by Gasteiger charge is 2.37. The maximum absolute atomic E-state index is 13.1. The average molecular weight is 541 g/mol. The number of benzene rings is 2. The Kier molecular flexibility index (Phi) is 6.67. The summed E-state index contributed by atoms with van der Waals surface area (Å²) in [6.45, 7) is 4.00. The summed E-state index contributed by atoms with van der Waals surface area (Å²) in [5.74, 6) is -0.464. The number of hydrogen-bond acceptors (Lipinski definition) is 5. The fraction of sp³-hybridized carbons (Fsp3) is 0.190. The van der Waals surface area contributed by atoms with Crippen molar-refractivity contribution >= 4 is 63.8 Å². The Hall–Kier alpha value is -2.59. The van der Waals surface area contributed by atoms with Crippen LogP contribution in [-0.4, -0.2) is 31.6 Å². The van der Waals surface area contributed by atoms with Gasteiger partial charge >= 0.3 is 6.03 Å². The molecule has 1 saturated heterocycles. The Morgan fingerprint density at radius 3 is 2.60 bits per heavy atom. The van der Waals surface area contributed by atoms with Gasteiger partial charge in [0.05, 0.1) is 23.0 Å². The Bertz CT molecular complexity index is 1080. The number of urea groups is 1. The van der Waals surface area contributed by atoms with Crippen molar-refractivity contribution in [2.75, 3.05) is 18.6 Å². The Labute approximate surface area is 192 Å². The first-order valence-corrected chi connectivity index (χ1v) is 10.4. The number of carbonyl (C=O) groups excluding carboxylic acids is 3. The molecule has 0 bridgehead atoms. The van der Waals surface area contributed by atoms with Gasteiger partial charge in [-0.15, -0.1) is 0 Å². The minimum Gasteiger partial charge on any atom is -0.492 e. The first-order valence-electron chi connectivity index (χ1n) is 8.94. The molecule has 2 aromatic carbocycles. The molecule has 1 fully saturated rings. The Balaban J connectivity index is 2.08. The molecule has 0 aromatic heterocycles. The third kappa shape index (κ3) is 4.29. The van der Waals surface area contributed by atoms with Crippen molar-refractivity contribution in [3.8, 4) is 11.5 Å². The van der Waals surface area contributed by atoms with E-state index >= 15 is 0 Å². The van der Waals surface area contributed by atoms with Gasteiger partial charge in [0.25, 0.3) is 11.8 Å². The number of aryl methyl sites for hydroxylation is 1. The number of hydrogen-bond donors (Lipinski definition) is 1. The van der Waals surface area contributed by atoms with E-state index in [4.69, 9.17) is 21.1 Å². The molecule has 1 N–H and O–H groups in total. The van der Waals surface area contributed by atoms with Crippen LogP contribution in [0.3, 0.4) is 0 Å². The lowest BCUT2D eigenvalue weighted by molar-refractivity contribution is -0.122. The summed E-state index contributed by atoms with van der Waals surface area (Å²) in [4.78, 5) is 38.9. The molecule has 0 saturated carbocycles. The zero-order valence-electron chi connectivity index (χ0n) is 16.4. The molecular formula is C21H18ClIN2O5. The SMILES string of the molecule is CCOc1cc(/C=C2\C(=O)NC(=O)N(c3cc(Cl)ccc3C)C2=O)cc(I)c1OC.